The lowest BCUT2D eigenvalue weighted by atomic mass is 10.0. The molecule has 0 saturated carbocycles. The Kier molecular flexibility index (Phi) is 5.71. The average Bonchev–Trinajstić information content (AvgIpc) is 3.42. The van der Waals surface area contributed by atoms with Gasteiger partial charge >= 0.3 is 0 Å². The van der Waals surface area contributed by atoms with Gasteiger partial charge in [0.25, 0.3) is 11.8 Å². The van der Waals surface area contributed by atoms with Gasteiger partial charge in [0.2, 0.25) is 5.91 Å². The number of nitrogens with one attached hydrogen (secondary N) is 2. The number of amides is 3. The highest BCUT2D eigenvalue weighted by molar-refractivity contribution is 6.16. The minimum atomic E-state index is -0.435. The second kappa shape index (κ2) is 9.20. The van der Waals surface area contributed by atoms with Gasteiger partial charge in [-0.2, -0.15) is 0 Å². The van der Waals surface area contributed by atoms with Crippen molar-refractivity contribution in [2.75, 3.05) is 16.8 Å². The van der Waals surface area contributed by atoms with Gasteiger partial charge in [-0.1, -0.05) is 36.8 Å². The van der Waals surface area contributed by atoms with Gasteiger partial charge in [-0.15, -0.1) is 0 Å². The number of aromatic nitrogens is 2. The zero-order chi connectivity index (χ0) is 25.5. The molecule has 0 radical (unpaired) electrons. The molecule has 0 saturated heterocycles. The summed E-state index contributed by atoms with van der Waals surface area (Å²) in [5.74, 6) is 0.650. The normalized spacial score (nSPS) is 16.1. The fraction of sp³-hybridized carbons (Fsp3) is 0.241. The van der Waals surface area contributed by atoms with Crippen LogP contribution in [0.5, 0.6) is 0 Å². The van der Waals surface area contributed by atoms with Crippen LogP contribution in [0.1, 0.15) is 64.0 Å². The first-order chi connectivity index (χ1) is 18.0. The number of fused-ring (bicyclic) bond motifs is 6. The summed E-state index contributed by atoms with van der Waals surface area (Å²) in [5, 5.41) is 2.95. The van der Waals surface area contributed by atoms with Crippen molar-refractivity contribution in [3.8, 4) is 0 Å². The zero-order valence-electron chi connectivity index (χ0n) is 20.5. The maximum absolute atomic E-state index is 13.5. The van der Waals surface area contributed by atoms with Crippen LogP contribution in [0.2, 0.25) is 0 Å². The number of hydrogen-bond acceptors (Lipinski definition) is 4. The standard InChI is InChI=1S/C29H27N5O3/c1-18-30-23-15-14-19(17-24(23)31-18)32-26(35)13-3-2-8-16-33-27-20-9-4-5-10-21(20)29(37)34(27)25-12-7-6-11-22(25)28(33)36/h4-7,9-12,14-15,17,27H,2-3,8,13,16H2,1H3,(H,30,31)(H,32,35)/t27-/m1/s1. The number of aryl methyl sites for hydroxylation is 1. The van der Waals surface area contributed by atoms with E-state index in [1.54, 1.807) is 15.9 Å². The van der Waals surface area contributed by atoms with E-state index in [-0.39, 0.29) is 17.7 Å². The first kappa shape index (κ1) is 23.0. The molecule has 3 heterocycles. The Balaban J connectivity index is 1.09. The van der Waals surface area contributed by atoms with Gasteiger partial charge in [-0.05, 0) is 56.2 Å². The lowest BCUT2D eigenvalue weighted by Gasteiger charge is -2.41. The van der Waals surface area contributed by atoms with Gasteiger partial charge < -0.3 is 15.2 Å². The van der Waals surface area contributed by atoms with E-state index in [1.807, 2.05) is 67.6 Å². The van der Waals surface area contributed by atoms with Crippen LogP contribution >= 0.6 is 0 Å². The van der Waals surface area contributed by atoms with Crippen LogP contribution in [-0.2, 0) is 4.79 Å². The van der Waals surface area contributed by atoms with E-state index in [0.717, 1.165) is 41.0 Å². The lowest BCUT2D eigenvalue weighted by Crippen LogP contribution is -2.48. The first-order valence-electron chi connectivity index (χ1n) is 12.6. The van der Waals surface area contributed by atoms with Crippen LogP contribution < -0.4 is 10.2 Å². The molecule has 2 N–H and O–H groups in total. The highest BCUT2D eigenvalue weighted by Gasteiger charge is 2.47. The van der Waals surface area contributed by atoms with Gasteiger partial charge in [-0.3, -0.25) is 19.3 Å². The fourth-order valence-electron chi connectivity index (χ4n) is 5.38. The summed E-state index contributed by atoms with van der Waals surface area (Å²) in [4.78, 5) is 50.3. The third-order valence-corrected chi connectivity index (χ3v) is 7.07. The molecule has 8 nitrogen and oxygen atoms in total. The number of carbonyl (C=O) groups is 3. The van der Waals surface area contributed by atoms with Gasteiger partial charge in [0.05, 0.1) is 22.3 Å². The molecule has 4 aromatic rings. The Labute approximate surface area is 214 Å². The summed E-state index contributed by atoms with van der Waals surface area (Å²) in [6, 6.07) is 20.4. The number of para-hydroxylation sites is 1. The summed E-state index contributed by atoms with van der Waals surface area (Å²) < 4.78 is 0. The second-order valence-electron chi connectivity index (χ2n) is 9.56. The topological polar surface area (TPSA) is 98.4 Å². The van der Waals surface area contributed by atoms with Crippen LogP contribution in [-0.4, -0.2) is 39.1 Å². The Hall–Kier alpha value is -4.46. The predicted octanol–water partition coefficient (Wildman–Crippen LogP) is 5.19. The molecule has 0 fully saturated rings. The van der Waals surface area contributed by atoms with E-state index in [0.29, 0.717) is 36.2 Å². The molecule has 1 aromatic heterocycles. The highest BCUT2D eigenvalue weighted by atomic mass is 16.2. The monoisotopic (exact) mass is 493 g/mol. The quantitative estimate of drug-likeness (QED) is 0.346. The maximum Gasteiger partial charge on any atom is 0.260 e. The molecule has 2 aliphatic heterocycles. The van der Waals surface area contributed by atoms with E-state index in [2.05, 4.69) is 15.3 Å². The molecule has 37 heavy (non-hydrogen) atoms. The molecule has 0 unspecified atom stereocenters. The summed E-state index contributed by atoms with van der Waals surface area (Å²) in [6.45, 7) is 2.41. The SMILES string of the molecule is Cc1nc2ccc(NC(=O)CCCCCN3C(=O)c4ccccc4N4C(=O)c5ccccc5[C@H]34)cc2[nH]1. The molecule has 0 bridgehead atoms. The average molecular weight is 494 g/mol. The van der Waals surface area contributed by atoms with Crippen molar-refractivity contribution in [3.05, 3.63) is 89.2 Å². The van der Waals surface area contributed by atoms with Crippen LogP contribution in [0, 0.1) is 6.92 Å². The van der Waals surface area contributed by atoms with Crippen molar-refractivity contribution < 1.29 is 14.4 Å². The minimum absolute atomic E-state index is 0.0416. The summed E-state index contributed by atoms with van der Waals surface area (Å²) in [7, 11) is 0. The Morgan fingerprint density at radius 3 is 2.59 bits per heavy atom. The van der Waals surface area contributed by atoms with E-state index >= 15 is 0 Å². The third kappa shape index (κ3) is 4.04. The molecule has 3 amide bonds. The molecule has 186 valence electrons. The third-order valence-electron chi connectivity index (χ3n) is 7.07. The van der Waals surface area contributed by atoms with Gasteiger partial charge in [0, 0.05) is 29.8 Å². The van der Waals surface area contributed by atoms with E-state index in [4.69, 9.17) is 0 Å². The minimum Gasteiger partial charge on any atom is -0.342 e. The maximum atomic E-state index is 13.5. The van der Waals surface area contributed by atoms with Crippen LogP contribution in [0.25, 0.3) is 11.0 Å². The molecular formula is C29H27N5O3. The van der Waals surface area contributed by atoms with Crippen LogP contribution in [0.4, 0.5) is 11.4 Å². The number of unbranched alkanes of at least 4 members (excludes halogenated alkanes) is 2. The molecule has 0 aliphatic carbocycles. The van der Waals surface area contributed by atoms with Crippen molar-refractivity contribution in [3.63, 3.8) is 0 Å². The number of aromatic amines is 1. The number of benzene rings is 3. The Morgan fingerprint density at radius 2 is 1.73 bits per heavy atom. The molecule has 0 spiro atoms. The lowest BCUT2D eigenvalue weighted by molar-refractivity contribution is -0.116. The van der Waals surface area contributed by atoms with E-state index in [1.165, 1.54) is 0 Å². The van der Waals surface area contributed by atoms with Crippen molar-refractivity contribution in [1.82, 2.24) is 14.9 Å². The number of imidazole rings is 1. The number of hydrogen-bond donors (Lipinski definition) is 2. The van der Waals surface area contributed by atoms with Gasteiger partial charge in [0.1, 0.15) is 12.0 Å². The first-order valence-corrected chi connectivity index (χ1v) is 12.6. The number of carbonyl (C=O) groups excluding carboxylic acids is 3. The summed E-state index contributed by atoms with van der Waals surface area (Å²) in [6.07, 6.45) is 2.20. The summed E-state index contributed by atoms with van der Waals surface area (Å²) in [5.41, 5.74) is 5.21. The van der Waals surface area contributed by atoms with Crippen molar-refractivity contribution >= 4 is 40.1 Å². The Bertz CT molecular complexity index is 1540. The van der Waals surface area contributed by atoms with Crippen molar-refractivity contribution in [2.24, 2.45) is 0 Å². The largest absolute Gasteiger partial charge is 0.342 e. The summed E-state index contributed by atoms with van der Waals surface area (Å²) >= 11 is 0. The fourth-order valence-corrected chi connectivity index (χ4v) is 5.38. The van der Waals surface area contributed by atoms with E-state index < -0.39 is 6.17 Å². The molecule has 3 aromatic carbocycles. The van der Waals surface area contributed by atoms with Gasteiger partial charge in [0.15, 0.2) is 0 Å². The van der Waals surface area contributed by atoms with Crippen LogP contribution in [0.15, 0.2) is 66.7 Å². The second-order valence-corrected chi connectivity index (χ2v) is 9.56. The van der Waals surface area contributed by atoms with E-state index in [9.17, 15) is 14.4 Å². The van der Waals surface area contributed by atoms with Crippen LogP contribution in [0.3, 0.4) is 0 Å². The van der Waals surface area contributed by atoms with Gasteiger partial charge in [-0.25, -0.2) is 4.98 Å². The molecular weight excluding hydrogens is 466 g/mol. The predicted molar refractivity (Wildman–Crippen MR) is 141 cm³/mol. The van der Waals surface area contributed by atoms with Crippen molar-refractivity contribution in [1.29, 1.82) is 0 Å². The zero-order valence-corrected chi connectivity index (χ0v) is 20.5. The highest BCUT2D eigenvalue weighted by Crippen LogP contribution is 2.45. The Morgan fingerprint density at radius 1 is 0.946 bits per heavy atom. The molecule has 1 atom stereocenters. The number of anilines is 2. The van der Waals surface area contributed by atoms with Crippen molar-refractivity contribution in [2.45, 2.75) is 38.8 Å². The molecule has 6 rings (SSSR count). The smallest absolute Gasteiger partial charge is 0.260 e. The molecule has 2 aliphatic rings. The number of nitrogens with zero attached hydrogens (tertiary/aromatic N) is 3. The molecule has 8 heteroatoms. The number of H-pyrrole nitrogens is 1. The number of rotatable bonds is 7.